The highest BCUT2D eigenvalue weighted by Gasteiger charge is 2.26. The third kappa shape index (κ3) is 1.97. The lowest BCUT2D eigenvalue weighted by Gasteiger charge is -2.09. The summed E-state index contributed by atoms with van der Waals surface area (Å²) >= 11 is 0. The van der Waals surface area contributed by atoms with Gasteiger partial charge in [-0.15, -0.1) is 0 Å². The molecule has 1 atom stereocenters. The summed E-state index contributed by atoms with van der Waals surface area (Å²) in [5, 5.41) is 2.22. The van der Waals surface area contributed by atoms with Crippen LogP contribution in [0.4, 0.5) is 0 Å². The predicted molar refractivity (Wildman–Crippen MR) is 95.1 cm³/mol. The second kappa shape index (κ2) is 4.97. The van der Waals surface area contributed by atoms with Gasteiger partial charge in [-0.3, -0.25) is 0 Å². The Labute approximate surface area is 149 Å². The monoisotopic (exact) mass is 348 g/mol. The molecule has 0 saturated carbocycles. The maximum absolute atomic E-state index is 6.18. The van der Waals surface area contributed by atoms with E-state index in [0.717, 1.165) is 63.2 Å². The summed E-state index contributed by atoms with van der Waals surface area (Å²) in [5.74, 6) is 2.43. The van der Waals surface area contributed by atoms with Crippen LogP contribution in [0.25, 0.3) is 21.9 Å². The molecule has 0 spiro atoms. The summed E-state index contributed by atoms with van der Waals surface area (Å²) in [6.07, 6.45) is 5.35. The molecule has 2 aromatic heterocycles. The molecule has 0 saturated heterocycles. The van der Waals surface area contributed by atoms with Crippen LogP contribution in [0.5, 0.6) is 17.2 Å². The molecule has 0 radical (unpaired) electrons. The lowest BCUT2D eigenvalue weighted by molar-refractivity contribution is 0.174. The molecular weight excluding hydrogens is 332 g/mol. The molecule has 6 rings (SSSR count). The number of rotatable bonds is 2. The van der Waals surface area contributed by atoms with Gasteiger partial charge in [0.1, 0.15) is 23.0 Å². The van der Waals surface area contributed by atoms with Gasteiger partial charge in [0.2, 0.25) is 6.79 Å². The Bertz CT molecular complexity index is 1170. The zero-order valence-corrected chi connectivity index (χ0v) is 14.2. The van der Waals surface area contributed by atoms with Gasteiger partial charge in [0.15, 0.2) is 11.5 Å². The molecule has 26 heavy (non-hydrogen) atoms. The first-order chi connectivity index (χ1) is 12.7. The number of ether oxygens (including phenoxy) is 3. The summed E-state index contributed by atoms with van der Waals surface area (Å²) in [7, 11) is 0. The average molecular weight is 348 g/mol. The van der Waals surface area contributed by atoms with Gasteiger partial charge in [-0.25, -0.2) is 0 Å². The Balaban J connectivity index is 1.32. The normalized spacial score (nSPS) is 17.8. The average Bonchev–Trinajstić information content (AvgIpc) is 3.39. The van der Waals surface area contributed by atoms with Gasteiger partial charge in [0.05, 0.1) is 12.5 Å². The highest BCUT2D eigenvalue weighted by atomic mass is 16.7. The van der Waals surface area contributed by atoms with Gasteiger partial charge in [0, 0.05) is 41.3 Å². The molecule has 5 heteroatoms. The lowest BCUT2D eigenvalue weighted by atomic mass is 10.0. The van der Waals surface area contributed by atoms with Gasteiger partial charge < -0.3 is 23.0 Å². The van der Waals surface area contributed by atoms with E-state index in [1.165, 1.54) is 5.56 Å². The van der Waals surface area contributed by atoms with Gasteiger partial charge in [-0.2, -0.15) is 0 Å². The van der Waals surface area contributed by atoms with Crippen LogP contribution in [0.15, 0.2) is 45.6 Å². The second-order valence-electron chi connectivity index (χ2n) is 6.99. The molecule has 2 aromatic carbocycles. The van der Waals surface area contributed by atoms with E-state index >= 15 is 0 Å². The third-order valence-corrected chi connectivity index (χ3v) is 5.29. The van der Waals surface area contributed by atoms with E-state index in [0.29, 0.717) is 0 Å². The topological polar surface area (TPSA) is 54.0 Å². The molecule has 0 N–H and O–H groups in total. The second-order valence-corrected chi connectivity index (χ2v) is 6.99. The largest absolute Gasteiger partial charge is 0.489 e. The summed E-state index contributed by atoms with van der Waals surface area (Å²) < 4.78 is 28.4. The van der Waals surface area contributed by atoms with Crippen molar-refractivity contribution >= 4 is 21.9 Å². The van der Waals surface area contributed by atoms with Crippen LogP contribution in [-0.2, 0) is 12.8 Å². The first-order valence-corrected chi connectivity index (χ1v) is 8.72. The van der Waals surface area contributed by atoms with Crippen molar-refractivity contribution in [2.75, 3.05) is 6.79 Å². The summed E-state index contributed by atoms with van der Waals surface area (Å²) in [5.41, 5.74) is 5.20. The van der Waals surface area contributed by atoms with Crippen LogP contribution in [0, 0.1) is 6.92 Å². The van der Waals surface area contributed by atoms with Crippen molar-refractivity contribution in [2.24, 2.45) is 0 Å². The maximum atomic E-state index is 6.18. The number of fused-ring (bicyclic) bond motifs is 4. The lowest BCUT2D eigenvalue weighted by Crippen LogP contribution is -2.15. The smallest absolute Gasteiger partial charge is 0.231 e. The first kappa shape index (κ1) is 14.1. The zero-order valence-electron chi connectivity index (χ0n) is 14.2. The fourth-order valence-electron chi connectivity index (χ4n) is 3.95. The highest BCUT2D eigenvalue weighted by Crippen LogP contribution is 2.40. The zero-order chi connectivity index (χ0) is 17.3. The van der Waals surface area contributed by atoms with Crippen molar-refractivity contribution in [1.82, 2.24) is 0 Å². The van der Waals surface area contributed by atoms with Crippen LogP contribution >= 0.6 is 0 Å². The Kier molecular flexibility index (Phi) is 2.70. The van der Waals surface area contributed by atoms with Crippen LogP contribution < -0.4 is 14.2 Å². The minimum Gasteiger partial charge on any atom is -0.489 e. The van der Waals surface area contributed by atoms with Crippen molar-refractivity contribution in [1.29, 1.82) is 0 Å². The van der Waals surface area contributed by atoms with Crippen LogP contribution in [0.3, 0.4) is 0 Å². The van der Waals surface area contributed by atoms with E-state index in [1.807, 2.05) is 24.5 Å². The van der Waals surface area contributed by atoms with Gasteiger partial charge in [-0.05, 0) is 30.2 Å². The van der Waals surface area contributed by atoms with Crippen molar-refractivity contribution in [3.05, 3.63) is 53.5 Å². The molecule has 0 fully saturated rings. The quantitative estimate of drug-likeness (QED) is 0.523. The SMILES string of the molecule is Cc1coc2cc3c(cc12)CC(Cc1coc2cc4c(cc12)OCO4)O3. The van der Waals surface area contributed by atoms with E-state index in [2.05, 4.69) is 13.0 Å². The molecule has 2 aliphatic rings. The Morgan fingerprint density at radius 2 is 1.65 bits per heavy atom. The Hall–Kier alpha value is -3.08. The molecule has 4 aromatic rings. The molecule has 1 unspecified atom stereocenters. The van der Waals surface area contributed by atoms with E-state index in [1.54, 1.807) is 6.26 Å². The standard InChI is InChI=1S/C21H16O5/c1-11-8-22-18-6-17-12(4-15(11)18)2-14(26-17)3-13-9-23-19-7-21-20(5-16(13)19)24-10-25-21/h4-9,14H,2-3,10H2,1H3. The summed E-state index contributed by atoms with van der Waals surface area (Å²) in [4.78, 5) is 0. The molecule has 0 amide bonds. The predicted octanol–water partition coefficient (Wildman–Crippen LogP) is 4.76. The minimum absolute atomic E-state index is 0.0861. The van der Waals surface area contributed by atoms with E-state index in [-0.39, 0.29) is 12.9 Å². The number of aryl methyl sites for hydroxylation is 1. The highest BCUT2D eigenvalue weighted by molar-refractivity contribution is 5.85. The maximum Gasteiger partial charge on any atom is 0.231 e. The van der Waals surface area contributed by atoms with E-state index in [4.69, 9.17) is 23.0 Å². The number of furan rings is 2. The Morgan fingerprint density at radius 1 is 0.885 bits per heavy atom. The molecule has 130 valence electrons. The van der Waals surface area contributed by atoms with Crippen molar-refractivity contribution < 1.29 is 23.0 Å². The van der Waals surface area contributed by atoms with Crippen LogP contribution in [-0.4, -0.2) is 12.9 Å². The molecule has 2 aliphatic heterocycles. The fraction of sp³-hybridized carbons (Fsp3) is 0.238. The number of hydrogen-bond donors (Lipinski definition) is 0. The van der Waals surface area contributed by atoms with Crippen molar-refractivity contribution in [3.63, 3.8) is 0 Å². The third-order valence-electron chi connectivity index (χ3n) is 5.29. The van der Waals surface area contributed by atoms with E-state index in [9.17, 15) is 0 Å². The molecule has 4 heterocycles. The van der Waals surface area contributed by atoms with E-state index < -0.39 is 0 Å². The van der Waals surface area contributed by atoms with Gasteiger partial charge >= 0.3 is 0 Å². The first-order valence-electron chi connectivity index (χ1n) is 8.72. The molecule has 0 aliphatic carbocycles. The fourth-order valence-corrected chi connectivity index (χ4v) is 3.95. The number of hydrogen-bond acceptors (Lipinski definition) is 5. The Morgan fingerprint density at radius 3 is 2.58 bits per heavy atom. The minimum atomic E-state index is 0.0861. The van der Waals surface area contributed by atoms with Gasteiger partial charge in [-0.1, -0.05) is 0 Å². The molecular formula is C21H16O5. The van der Waals surface area contributed by atoms with Crippen molar-refractivity contribution in [3.8, 4) is 17.2 Å². The molecule has 0 bridgehead atoms. The summed E-state index contributed by atoms with van der Waals surface area (Å²) in [6.45, 7) is 2.33. The van der Waals surface area contributed by atoms with Crippen LogP contribution in [0.1, 0.15) is 16.7 Å². The number of benzene rings is 2. The molecule has 5 nitrogen and oxygen atoms in total. The van der Waals surface area contributed by atoms with Gasteiger partial charge in [0.25, 0.3) is 0 Å². The van der Waals surface area contributed by atoms with Crippen molar-refractivity contribution in [2.45, 2.75) is 25.9 Å². The summed E-state index contributed by atoms with van der Waals surface area (Å²) in [6, 6.07) is 8.08. The van der Waals surface area contributed by atoms with Crippen LogP contribution in [0.2, 0.25) is 0 Å².